The average molecular weight is 1610 g/mol. The van der Waals surface area contributed by atoms with E-state index in [9.17, 15) is 57.8 Å². The van der Waals surface area contributed by atoms with Crippen LogP contribution in [0.4, 0.5) is 16.2 Å². The highest BCUT2D eigenvalue weighted by molar-refractivity contribution is 5.99. The molecule has 0 bridgehead atoms. The van der Waals surface area contributed by atoms with E-state index in [1.54, 1.807) is 89.3 Å². The smallest absolute Gasteiger partial charge is 0.411 e. The molecular weight excluding hydrogens is 1480 g/mol. The number of likely N-dealkylation sites (N-methyl/N-ethyl adjacent to an activating group) is 2. The molecule has 28 heteroatoms. The van der Waals surface area contributed by atoms with E-state index < -0.39 is 138 Å². The second-order valence-electron chi connectivity index (χ2n) is 32.0. The van der Waals surface area contributed by atoms with Gasteiger partial charge in [-0.2, -0.15) is 5.48 Å². The van der Waals surface area contributed by atoms with Crippen LogP contribution in [0.5, 0.6) is 0 Å². The van der Waals surface area contributed by atoms with E-state index in [0.717, 1.165) is 21.6 Å². The van der Waals surface area contributed by atoms with Crippen molar-refractivity contribution in [3.8, 4) is 11.8 Å². The first kappa shape index (κ1) is 95.1. The topological polar surface area (TPSA) is 368 Å². The summed E-state index contributed by atoms with van der Waals surface area (Å²) < 4.78 is 17.4. The molecule has 4 aromatic carbocycles. The van der Waals surface area contributed by atoms with Crippen LogP contribution in [0.3, 0.4) is 0 Å². The highest BCUT2D eigenvalue weighted by atomic mass is 16.6. The van der Waals surface area contributed by atoms with Crippen LogP contribution in [0.25, 0.3) is 0 Å². The number of amides is 10. The predicted octanol–water partition coefficient (Wildman–Crippen LogP) is 8.92. The minimum absolute atomic E-state index is 0.00655. The van der Waals surface area contributed by atoms with Crippen molar-refractivity contribution in [1.29, 1.82) is 0 Å². The van der Waals surface area contributed by atoms with Gasteiger partial charge in [-0.15, -0.1) is 0 Å². The number of nitrogens with one attached hydrogen (secondary N) is 7. The van der Waals surface area contributed by atoms with E-state index in [1.165, 1.54) is 45.5 Å². The Kier molecular flexibility index (Phi) is 38.9. The number of likely N-dealkylation sites (tertiary alicyclic amines) is 1. The molecule has 636 valence electrons. The summed E-state index contributed by atoms with van der Waals surface area (Å²) in [5.41, 5.74) is 12.8. The van der Waals surface area contributed by atoms with Crippen molar-refractivity contribution < 1.29 is 76.9 Å². The van der Waals surface area contributed by atoms with Crippen LogP contribution in [0.15, 0.2) is 103 Å². The zero-order valence-electron chi connectivity index (χ0n) is 70.8. The van der Waals surface area contributed by atoms with Crippen molar-refractivity contribution in [3.05, 3.63) is 131 Å². The molecule has 1 saturated heterocycles. The molecule has 4 aromatic rings. The summed E-state index contributed by atoms with van der Waals surface area (Å²) in [7, 11) is 5.87. The lowest BCUT2D eigenvalue weighted by atomic mass is 9.91. The number of fused-ring (bicyclic) bond motifs is 2. The van der Waals surface area contributed by atoms with Crippen LogP contribution >= 0.6 is 0 Å². The lowest BCUT2D eigenvalue weighted by Crippen LogP contribution is -2.58. The first-order valence-corrected chi connectivity index (χ1v) is 41.1. The molecule has 10 amide bonds. The number of aliphatic hydroxyl groups is 1. The number of ether oxygens (including phenoxy) is 3. The summed E-state index contributed by atoms with van der Waals surface area (Å²) in [4.78, 5) is 167. The van der Waals surface area contributed by atoms with Crippen molar-refractivity contribution in [2.24, 2.45) is 41.2 Å². The van der Waals surface area contributed by atoms with Gasteiger partial charge < -0.3 is 76.5 Å². The van der Waals surface area contributed by atoms with Gasteiger partial charge in [-0.25, -0.2) is 4.79 Å². The molecule has 116 heavy (non-hydrogen) atoms. The summed E-state index contributed by atoms with van der Waals surface area (Å²) >= 11 is 0. The van der Waals surface area contributed by atoms with Gasteiger partial charge in [-0.05, 0) is 136 Å². The van der Waals surface area contributed by atoms with E-state index in [-0.39, 0.29) is 99.0 Å². The molecule has 0 spiro atoms. The maximum Gasteiger partial charge on any atom is 0.411 e. The van der Waals surface area contributed by atoms with Crippen LogP contribution in [0.1, 0.15) is 207 Å². The number of nitrogens with zero attached hydrogens (tertiary/aromatic N) is 4. The van der Waals surface area contributed by atoms with Crippen molar-refractivity contribution >= 4 is 76.6 Å². The van der Waals surface area contributed by atoms with Crippen LogP contribution in [0, 0.1) is 47.3 Å². The summed E-state index contributed by atoms with van der Waals surface area (Å²) in [6.07, 6.45) is -0.0225. The van der Waals surface area contributed by atoms with Crippen molar-refractivity contribution in [2.75, 3.05) is 64.8 Å². The summed E-state index contributed by atoms with van der Waals surface area (Å²) in [6.45, 7) is 23.1. The SMILES string of the molecule is CC[C@H](C)[C@@H](CCC(=O)N1CCC[C@H]1[C@H](OC)[C@@H](C)C(=O)N[C@H](C)[C@@H](O)c1ccccc1)N(C)C(=O)[C@@H](NC(=O)C(C(C)C)N(C)C(=O)OC(C(=O)NCCCCCC(=O)N1Cc2ccccc2C#Cc2ccccc21)c1ccc(NC(=O)[C@H](CCCN)NC(=O)C(NC(=O)[C@H](CCC(=O)OCC(C)C)NOC)C(C)C)cc1)C(C)C. The molecule has 0 aromatic heterocycles. The van der Waals surface area contributed by atoms with Gasteiger partial charge in [0.25, 0.3) is 5.91 Å². The third-order valence-electron chi connectivity index (χ3n) is 21.6. The highest BCUT2D eigenvalue weighted by Gasteiger charge is 2.43. The molecule has 2 aliphatic rings. The normalized spacial score (nSPS) is 16.3. The molecular formula is C88H128N12O16. The zero-order valence-corrected chi connectivity index (χ0v) is 70.8. The average Bonchev–Trinajstić information content (AvgIpc) is 1.41. The van der Waals surface area contributed by atoms with Gasteiger partial charge in [0.1, 0.15) is 30.2 Å². The number of carbonyl (C=O) groups excluding carboxylic acids is 11. The maximum atomic E-state index is 15.0. The molecule has 10 N–H and O–H groups in total. The number of para-hydroxylation sites is 1. The molecule has 28 nitrogen and oxygen atoms in total. The molecule has 0 aliphatic carbocycles. The van der Waals surface area contributed by atoms with Gasteiger partial charge in [0.2, 0.25) is 53.4 Å². The second kappa shape index (κ2) is 47.4. The number of hydrogen-bond acceptors (Lipinski definition) is 18. The zero-order chi connectivity index (χ0) is 85.5. The van der Waals surface area contributed by atoms with Gasteiger partial charge in [0.15, 0.2) is 0 Å². The number of carbonyl (C=O) groups is 11. The number of hydrogen-bond donors (Lipinski definition) is 9. The largest absolute Gasteiger partial charge is 0.465 e. The molecule has 2 heterocycles. The number of nitrogens with two attached hydrogens (primary N) is 1. The van der Waals surface area contributed by atoms with Crippen molar-refractivity contribution in [1.82, 2.24) is 46.8 Å². The monoisotopic (exact) mass is 1610 g/mol. The van der Waals surface area contributed by atoms with Gasteiger partial charge in [-0.1, -0.05) is 174 Å². The molecule has 3 unspecified atom stereocenters. The van der Waals surface area contributed by atoms with Gasteiger partial charge in [-0.3, -0.25) is 52.8 Å². The van der Waals surface area contributed by atoms with Crippen molar-refractivity contribution in [3.63, 3.8) is 0 Å². The molecule has 2 aliphatic heterocycles. The Bertz CT molecular complexity index is 3960. The Labute approximate surface area is 685 Å². The van der Waals surface area contributed by atoms with Crippen LogP contribution in [0.2, 0.25) is 0 Å². The summed E-state index contributed by atoms with van der Waals surface area (Å²) in [6, 6.07) is 23.1. The number of esters is 1. The first-order chi connectivity index (χ1) is 55.3. The third kappa shape index (κ3) is 27.7. The lowest BCUT2D eigenvalue weighted by Gasteiger charge is -2.38. The molecule has 1 fully saturated rings. The van der Waals surface area contributed by atoms with E-state index >= 15 is 0 Å². The Morgan fingerprint density at radius 3 is 1.90 bits per heavy atom. The number of anilines is 2. The molecule has 0 saturated carbocycles. The van der Waals surface area contributed by atoms with Gasteiger partial charge in [0, 0.05) is 82.0 Å². The Balaban J connectivity index is 1.17. The van der Waals surface area contributed by atoms with Gasteiger partial charge in [0.05, 0.1) is 56.2 Å². The van der Waals surface area contributed by atoms with Crippen molar-refractivity contribution in [2.45, 2.75) is 240 Å². The van der Waals surface area contributed by atoms with E-state index in [4.69, 9.17) is 24.8 Å². The fourth-order valence-corrected chi connectivity index (χ4v) is 14.7. The number of methoxy groups -OCH3 is 1. The molecule has 13 atom stereocenters. The fourth-order valence-electron chi connectivity index (χ4n) is 14.7. The van der Waals surface area contributed by atoms with Gasteiger partial charge >= 0.3 is 12.1 Å². The molecule has 0 radical (unpaired) electrons. The minimum atomic E-state index is -1.64. The second-order valence-corrected chi connectivity index (χ2v) is 32.0. The standard InChI is InChI=1S/C88H128N12O16/c1-17-58(10)69(46-47-73(102)99-51-29-37-71(99)79(113-15)59(11)81(105)91-60(12)78(104)63-32-20-18-21-33-63)97(13)87(111)76(56(6)7)95-85(109)77(57(8)9)98(14)88(112)116-80(86(110)90-50-27-19-22-38-72(101)100-52-65-34-24-23-30-61(65)39-40-62-31-25-26-36-70(62)100)64-41-43-66(44-42-64)92-82(106)67(35-28-49-89)93-84(108)75(55(4)5)94-83(107)68(96-114-16)45-48-74(103)115-53-54(2)3/h18,20-21,23-26,30-34,36,41-44,54-60,67-69,71,75-80,96,104H,17,19,22,27-29,35,37-38,45-53,89H2,1-16H3,(H,90,110)(H,91,105)(H,92,106)(H,93,108)(H,94,107)(H,95,109)/t58-,59+,60+,67-,68-,69+,71-,75?,76-,77?,78+,79+,80?/m0/s1. The number of hydroxylamine groups is 1. The summed E-state index contributed by atoms with van der Waals surface area (Å²) in [5, 5.41) is 28.2. The van der Waals surface area contributed by atoms with Crippen LogP contribution in [-0.4, -0.2) is 194 Å². The number of unbranched alkanes of at least 4 members (excludes halogenated alkanes) is 2. The number of rotatable bonds is 45. The van der Waals surface area contributed by atoms with Crippen LogP contribution < -0.4 is 48.0 Å². The summed E-state index contributed by atoms with van der Waals surface area (Å²) in [5.74, 6) is -0.530. The van der Waals surface area contributed by atoms with E-state index in [2.05, 4.69) is 49.2 Å². The first-order valence-electron chi connectivity index (χ1n) is 41.1. The Morgan fingerprint density at radius 1 is 0.612 bits per heavy atom. The third-order valence-corrected chi connectivity index (χ3v) is 21.6. The number of aliphatic hydroxyl groups excluding tert-OH is 1. The Morgan fingerprint density at radius 2 is 1.26 bits per heavy atom. The highest BCUT2D eigenvalue weighted by Crippen LogP contribution is 2.32. The Hall–Kier alpha value is -9.79. The minimum Gasteiger partial charge on any atom is -0.465 e. The van der Waals surface area contributed by atoms with E-state index in [1.807, 2.05) is 94.4 Å². The predicted molar refractivity (Wildman–Crippen MR) is 444 cm³/mol. The quantitative estimate of drug-likeness (QED) is 0.00862. The van der Waals surface area contributed by atoms with Crippen LogP contribution in [-0.2, 0) is 73.5 Å². The fraction of sp³-hybridized carbons (Fsp3) is 0.580. The molecule has 6 rings (SSSR count). The number of benzene rings is 4. The van der Waals surface area contributed by atoms with E-state index in [0.29, 0.717) is 69.3 Å². The lowest BCUT2D eigenvalue weighted by molar-refractivity contribution is -0.145. The maximum absolute atomic E-state index is 15.0.